The highest BCUT2D eigenvalue weighted by atomic mass is 19.4. The van der Waals surface area contributed by atoms with Gasteiger partial charge in [-0.1, -0.05) is 6.07 Å². The van der Waals surface area contributed by atoms with E-state index < -0.39 is 40.9 Å². The van der Waals surface area contributed by atoms with Gasteiger partial charge in [-0.05, 0) is 24.3 Å². The van der Waals surface area contributed by atoms with Crippen molar-refractivity contribution in [2.24, 2.45) is 7.05 Å². The van der Waals surface area contributed by atoms with Crippen LogP contribution in [0.5, 0.6) is 0 Å². The molecule has 4 aromatic heterocycles. The van der Waals surface area contributed by atoms with E-state index in [2.05, 4.69) is 20.4 Å². The molecule has 4 heterocycles. The van der Waals surface area contributed by atoms with Crippen molar-refractivity contribution in [2.45, 2.75) is 12.4 Å². The van der Waals surface area contributed by atoms with E-state index in [0.717, 1.165) is 24.0 Å². The zero-order valence-corrected chi connectivity index (χ0v) is 16.0. The second-order valence-corrected chi connectivity index (χ2v) is 6.64. The number of hydrogen-bond acceptors (Lipinski definition) is 4. The number of aromatic nitrogens is 5. The molecule has 7 nitrogen and oxygen atoms in total. The molecule has 0 fully saturated rings. The number of carbonyl (C=O) groups is 1. The van der Waals surface area contributed by atoms with Gasteiger partial charge in [-0.25, -0.2) is 4.98 Å². The molecule has 0 aromatic carbocycles. The topological polar surface area (TPSA) is 77.1 Å². The van der Waals surface area contributed by atoms with Crippen LogP contribution in [0.25, 0.3) is 17.0 Å². The van der Waals surface area contributed by atoms with E-state index >= 15 is 0 Å². The van der Waals surface area contributed by atoms with Gasteiger partial charge < -0.3 is 5.32 Å². The molecule has 0 radical (unpaired) electrons. The quantitative estimate of drug-likeness (QED) is 0.465. The molecule has 0 bridgehead atoms. The van der Waals surface area contributed by atoms with Crippen LogP contribution < -0.4 is 5.32 Å². The molecule has 32 heavy (non-hydrogen) atoms. The third kappa shape index (κ3) is 3.76. The number of pyridine rings is 2. The van der Waals surface area contributed by atoms with Gasteiger partial charge in [-0.15, -0.1) is 0 Å². The van der Waals surface area contributed by atoms with Crippen molar-refractivity contribution in [1.29, 1.82) is 0 Å². The highest BCUT2D eigenvalue weighted by Gasteiger charge is 2.42. The predicted molar refractivity (Wildman–Crippen MR) is 99.6 cm³/mol. The Morgan fingerprint density at radius 1 is 1.00 bits per heavy atom. The van der Waals surface area contributed by atoms with Gasteiger partial charge in [0, 0.05) is 31.3 Å². The first-order chi connectivity index (χ1) is 15.0. The molecule has 0 saturated heterocycles. The lowest BCUT2D eigenvalue weighted by Gasteiger charge is -2.12. The number of hydrogen-bond donors (Lipinski definition) is 1. The van der Waals surface area contributed by atoms with Gasteiger partial charge in [0.1, 0.15) is 28.3 Å². The summed E-state index contributed by atoms with van der Waals surface area (Å²) in [7, 11) is 1.13. The Bertz CT molecular complexity index is 1320. The van der Waals surface area contributed by atoms with Crippen molar-refractivity contribution in [3.8, 4) is 11.4 Å². The van der Waals surface area contributed by atoms with Gasteiger partial charge >= 0.3 is 12.4 Å². The summed E-state index contributed by atoms with van der Waals surface area (Å²) in [6.45, 7) is 0. The Kier molecular flexibility index (Phi) is 4.90. The minimum absolute atomic E-state index is 0.0326. The van der Waals surface area contributed by atoms with Crippen molar-refractivity contribution < 1.29 is 31.1 Å². The van der Waals surface area contributed by atoms with Crippen LogP contribution in [0.1, 0.15) is 21.7 Å². The first-order valence-electron chi connectivity index (χ1n) is 8.88. The summed E-state index contributed by atoms with van der Waals surface area (Å²) in [6.07, 6.45) is -6.16. The van der Waals surface area contributed by atoms with E-state index in [4.69, 9.17) is 0 Å². The Hall–Kier alpha value is -3.90. The minimum Gasteiger partial charge on any atom is -0.321 e. The molecule has 0 aliphatic rings. The van der Waals surface area contributed by atoms with Crippen molar-refractivity contribution in [3.05, 3.63) is 65.9 Å². The van der Waals surface area contributed by atoms with E-state index in [1.165, 1.54) is 28.9 Å². The number of carbonyl (C=O) groups excluding carboxylic acids is 1. The largest absolute Gasteiger partial charge is 0.433 e. The van der Waals surface area contributed by atoms with Gasteiger partial charge in [0.2, 0.25) is 0 Å². The number of nitrogens with zero attached hydrogens (tertiary/aromatic N) is 5. The SMILES string of the molecule is Cn1nc(-c2cccc3nccn23)c(C(F)(F)F)c1C(=O)Nc1ccnc(C(F)(F)F)c1. The smallest absolute Gasteiger partial charge is 0.321 e. The fourth-order valence-corrected chi connectivity index (χ4v) is 3.23. The number of fused-ring (bicyclic) bond motifs is 1. The van der Waals surface area contributed by atoms with Crippen LogP contribution >= 0.6 is 0 Å². The van der Waals surface area contributed by atoms with E-state index in [1.807, 2.05) is 0 Å². The molecule has 4 aromatic rings. The summed E-state index contributed by atoms with van der Waals surface area (Å²) >= 11 is 0. The molecule has 1 amide bonds. The highest BCUT2D eigenvalue weighted by molar-refractivity contribution is 6.05. The highest BCUT2D eigenvalue weighted by Crippen LogP contribution is 2.39. The normalized spacial score (nSPS) is 12.3. The van der Waals surface area contributed by atoms with E-state index in [0.29, 0.717) is 11.7 Å². The minimum atomic E-state index is -4.99. The Balaban J connectivity index is 1.82. The molecule has 166 valence electrons. The second kappa shape index (κ2) is 7.35. The van der Waals surface area contributed by atoms with Crippen molar-refractivity contribution in [3.63, 3.8) is 0 Å². The average Bonchev–Trinajstić information content (AvgIpc) is 3.31. The maximum atomic E-state index is 14.0. The molecule has 4 rings (SSSR count). The van der Waals surface area contributed by atoms with Gasteiger partial charge in [0.05, 0.1) is 5.69 Å². The second-order valence-electron chi connectivity index (χ2n) is 6.64. The zero-order chi connectivity index (χ0) is 23.3. The molecular weight excluding hydrogens is 442 g/mol. The monoisotopic (exact) mass is 454 g/mol. The molecule has 0 saturated carbocycles. The molecule has 0 aliphatic heterocycles. The summed E-state index contributed by atoms with van der Waals surface area (Å²) in [4.78, 5) is 19.9. The molecule has 1 N–H and O–H groups in total. The van der Waals surface area contributed by atoms with E-state index in [9.17, 15) is 31.1 Å². The fourth-order valence-electron chi connectivity index (χ4n) is 3.23. The first-order valence-corrected chi connectivity index (χ1v) is 8.88. The summed E-state index contributed by atoms with van der Waals surface area (Å²) in [5.74, 6) is -1.28. The molecule has 13 heteroatoms. The van der Waals surface area contributed by atoms with Crippen molar-refractivity contribution >= 4 is 17.2 Å². The number of anilines is 1. The lowest BCUT2D eigenvalue weighted by molar-refractivity contribution is -0.141. The van der Waals surface area contributed by atoms with Gasteiger partial charge in [0.15, 0.2) is 0 Å². The van der Waals surface area contributed by atoms with Gasteiger partial charge in [-0.3, -0.25) is 18.9 Å². The van der Waals surface area contributed by atoms with E-state index in [1.54, 1.807) is 6.07 Å². The van der Waals surface area contributed by atoms with Crippen molar-refractivity contribution in [2.75, 3.05) is 5.32 Å². The summed E-state index contributed by atoms with van der Waals surface area (Å²) in [5, 5.41) is 5.95. The standard InChI is InChI=1S/C19H12F6N6O/c1-30-16(17(32)28-10-5-6-26-12(9-10)18(20,21)22)14(19(23,24)25)15(29-30)11-3-2-4-13-27-7-8-31(11)13/h2-9H,1H3,(H,26,28,32). The van der Waals surface area contributed by atoms with Crippen LogP contribution in [-0.2, 0) is 19.4 Å². The third-order valence-corrected chi connectivity index (χ3v) is 4.52. The molecular formula is C19H12F6N6O. The summed E-state index contributed by atoms with van der Waals surface area (Å²) in [5.41, 5.74) is -4.00. The number of nitrogens with one attached hydrogen (secondary N) is 1. The maximum absolute atomic E-state index is 14.0. The predicted octanol–water partition coefficient (Wildman–Crippen LogP) is 4.42. The Morgan fingerprint density at radius 3 is 2.44 bits per heavy atom. The number of imidazole rings is 1. The number of halogens is 6. The van der Waals surface area contributed by atoms with Gasteiger partial charge in [-0.2, -0.15) is 31.4 Å². The van der Waals surface area contributed by atoms with Crippen LogP contribution in [0, 0.1) is 0 Å². The van der Waals surface area contributed by atoms with Gasteiger partial charge in [0.25, 0.3) is 5.91 Å². The Morgan fingerprint density at radius 2 is 1.75 bits per heavy atom. The lowest BCUT2D eigenvalue weighted by atomic mass is 10.1. The van der Waals surface area contributed by atoms with Crippen LogP contribution in [-0.4, -0.2) is 30.1 Å². The average molecular weight is 454 g/mol. The fraction of sp³-hybridized carbons (Fsp3) is 0.158. The van der Waals surface area contributed by atoms with Crippen LogP contribution in [0.3, 0.4) is 0 Å². The molecule has 0 aliphatic carbocycles. The van der Waals surface area contributed by atoms with Crippen LogP contribution in [0.4, 0.5) is 32.0 Å². The van der Waals surface area contributed by atoms with Crippen molar-refractivity contribution in [1.82, 2.24) is 24.1 Å². The summed E-state index contributed by atoms with van der Waals surface area (Å²) in [6, 6.07) is 6.00. The maximum Gasteiger partial charge on any atom is 0.433 e. The van der Waals surface area contributed by atoms with E-state index in [-0.39, 0.29) is 11.4 Å². The number of amides is 1. The number of rotatable bonds is 3. The van der Waals surface area contributed by atoms with Crippen LogP contribution in [0.2, 0.25) is 0 Å². The number of alkyl halides is 6. The zero-order valence-electron chi connectivity index (χ0n) is 16.0. The molecule has 0 atom stereocenters. The summed E-state index contributed by atoms with van der Waals surface area (Å²) < 4.78 is 82.8. The molecule has 0 spiro atoms. The Labute approximate surface area is 175 Å². The first kappa shape index (κ1) is 21.3. The molecule has 0 unspecified atom stereocenters. The lowest BCUT2D eigenvalue weighted by Crippen LogP contribution is -2.21. The van der Waals surface area contributed by atoms with Crippen LogP contribution in [0.15, 0.2) is 48.9 Å². The third-order valence-electron chi connectivity index (χ3n) is 4.52. The number of aryl methyl sites for hydroxylation is 1.